The van der Waals surface area contributed by atoms with Crippen LogP contribution in [0.5, 0.6) is 0 Å². The van der Waals surface area contributed by atoms with Crippen LogP contribution in [0.3, 0.4) is 0 Å². The highest BCUT2D eigenvalue weighted by atomic mass is 16.2. The van der Waals surface area contributed by atoms with Gasteiger partial charge < -0.3 is 10.6 Å². The van der Waals surface area contributed by atoms with Gasteiger partial charge in [0.25, 0.3) is 5.91 Å². The highest BCUT2D eigenvalue weighted by Crippen LogP contribution is 2.40. The summed E-state index contributed by atoms with van der Waals surface area (Å²) in [6, 6.07) is -0.801. The van der Waals surface area contributed by atoms with Gasteiger partial charge >= 0.3 is 6.03 Å². The summed E-state index contributed by atoms with van der Waals surface area (Å²) in [4.78, 5) is 34.5. The Balaban J connectivity index is 1.69. The monoisotopic (exact) mass is 323 g/mol. The van der Waals surface area contributed by atoms with E-state index in [9.17, 15) is 14.4 Å². The molecule has 0 aromatic carbocycles. The molecular weight excluding hydrogens is 294 g/mol. The predicted octanol–water partition coefficient (Wildman–Crippen LogP) is 2.09. The number of imide groups is 1. The average molecular weight is 323 g/mol. The first kappa shape index (κ1) is 17.8. The second-order valence-corrected chi connectivity index (χ2v) is 7.51. The largest absolute Gasteiger partial charge is 0.353 e. The van der Waals surface area contributed by atoms with Gasteiger partial charge in [0.15, 0.2) is 0 Å². The highest BCUT2D eigenvalue weighted by Gasteiger charge is 2.33. The Morgan fingerprint density at radius 2 is 1.87 bits per heavy atom. The van der Waals surface area contributed by atoms with Crippen molar-refractivity contribution in [2.45, 2.75) is 77.8 Å². The molecule has 0 radical (unpaired) electrons. The van der Waals surface area contributed by atoms with Gasteiger partial charge in [0.1, 0.15) is 6.04 Å². The van der Waals surface area contributed by atoms with Gasteiger partial charge in [0.2, 0.25) is 5.91 Å². The quantitative estimate of drug-likeness (QED) is 0.654. The molecule has 2 rings (SSSR count). The maximum absolute atomic E-state index is 12.0. The summed E-state index contributed by atoms with van der Waals surface area (Å²) in [5.74, 6) is 0.361. The minimum atomic E-state index is -0.575. The van der Waals surface area contributed by atoms with E-state index >= 15 is 0 Å². The van der Waals surface area contributed by atoms with Crippen molar-refractivity contribution in [3.05, 3.63) is 0 Å². The Morgan fingerprint density at radius 3 is 2.39 bits per heavy atom. The zero-order valence-corrected chi connectivity index (χ0v) is 14.4. The van der Waals surface area contributed by atoms with Gasteiger partial charge in [-0.2, -0.15) is 0 Å². The molecule has 2 aliphatic rings. The Bertz CT molecular complexity index is 468. The molecule has 1 heterocycles. The van der Waals surface area contributed by atoms with Gasteiger partial charge in [-0.25, -0.2) is 4.79 Å². The number of urea groups is 1. The normalized spacial score (nSPS) is 28.2. The topological polar surface area (TPSA) is 87.3 Å². The van der Waals surface area contributed by atoms with Gasteiger partial charge in [-0.1, -0.05) is 27.2 Å². The minimum Gasteiger partial charge on any atom is -0.353 e. The first-order chi connectivity index (χ1) is 10.8. The molecule has 0 aromatic heterocycles. The van der Waals surface area contributed by atoms with E-state index in [-0.39, 0.29) is 24.3 Å². The van der Waals surface area contributed by atoms with Crippen molar-refractivity contribution in [1.29, 1.82) is 0 Å². The smallest absolute Gasteiger partial charge is 0.322 e. The molecule has 6 heteroatoms. The molecule has 0 aromatic rings. The van der Waals surface area contributed by atoms with Crippen molar-refractivity contribution in [3.8, 4) is 0 Å². The van der Waals surface area contributed by atoms with Gasteiger partial charge in [0, 0.05) is 12.5 Å². The molecule has 2 fully saturated rings. The van der Waals surface area contributed by atoms with Gasteiger partial charge in [-0.15, -0.1) is 0 Å². The molecule has 6 nitrogen and oxygen atoms in total. The molecule has 1 aliphatic carbocycles. The third-order valence-corrected chi connectivity index (χ3v) is 5.63. The molecular formula is C17H29N3O3. The second-order valence-electron chi connectivity index (χ2n) is 7.51. The molecule has 0 spiro atoms. The molecule has 0 unspecified atom stereocenters. The lowest BCUT2D eigenvalue weighted by atomic mass is 9.69. The number of carbonyl (C=O) groups excluding carboxylic acids is 3. The molecule has 1 atom stereocenters. The number of nitrogens with one attached hydrogen (secondary N) is 3. The fourth-order valence-electron chi connectivity index (χ4n) is 3.55. The molecule has 1 saturated carbocycles. The van der Waals surface area contributed by atoms with Crippen LogP contribution in [-0.4, -0.2) is 29.9 Å². The number of hydrogen-bond donors (Lipinski definition) is 3. The van der Waals surface area contributed by atoms with Gasteiger partial charge in [0.05, 0.1) is 0 Å². The lowest BCUT2D eigenvalue weighted by Crippen LogP contribution is -2.40. The van der Waals surface area contributed by atoms with E-state index in [2.05, 4.69) is 36.7 Å². The number of amides is 4. The summed E-state index contributed by atoms with van der Waals surface area (Å²) < 4.78 is 0. The van der Waals surface area contributed by atoms with E-state index in [0.29, 0.717) is 11.8 Å². The summed E-state index contributed by atoms with van der Waals surface area (Å²) in [5.41, 5.74) is 0.378. The summed E-state index contributed by atoms with van der Waals surface area (Å²) in [7, 11) is 0. The van der Waals surface area contributed by atoms with Crippen molar-refractivity contribution < 1.29 is 14.4 Å². The van der Waals surface area contributed by atoms with Crippen molar-refractivity contribution in [1.82, 2.24) is 16.0 Å². The van der Waals surface area contributed by atoms with Gasteiger partial charge in [-0.05, 0) is 43.4 Å². The molecule has 3 N–H and O–H groups in total. The standard InChI is InChI=1S/C17H29N3O3/c1-4-17(2,3)11-5-7-12(8-6-11)18-14(21)10-9-13-15(22)20-16(23)19-13/h11-13H,4-10H2,1-3H3,(H,18,21)(H2,19,20,22,23)/t11?,12?,13-/m0/s1. The molecule has 1 saturated heterocycles. The maximum atomic E-state index is 12.0. The zero-order valence-electron chi connectivity index (χ0n) is 14.4. The van der Waals surface area contributed by atoms with Crippen molar-refractivity contribution >= 4 is 17.8 Å². The van der Waals surface area contributed by atoms with Crippen LogP contribution in [0.15, 0.2) is 0 Å². The zero-order chi connectivity index (χ0) is 17.0. The fraction of sp³-hybridized carbons (Fsp3) is 0.824. The van der Waals surface area contributed by atoms with E-state index in [1.165, 1.54) is 6.42 Å². The molecule has 0 bridgehead atoms. The first-order valence-corrected chi connectivity index (χ1v) is 8.72. The number of carbonyl (C=O) groups is 3. The van der Waals surface area contributed by atoms with Crippen LogP contribution in [0.25, 0.3) is 0 Å². The van der Waals surface area contributed by atoms with E-state index in [1.807, 2.05) is 0 Å². The average Bonchev–Trinajstić information content (AvgIpc) is 2.83. The van der Waals surface area contributed by atoms with Crippen LogP contribution in [0, 0.1) is 11.3 Å². The summed E-state index contributed by atoms with van der Waals surface area (Å²) in [6.45, 7) is 6.90. The molecule has 23 heavy (non-hydrogen) atoms. The fourth-order valence-corrected chi connectivity index (χ4v) is 3.55. The minimum absolute atomic E-state index is 0.0304. The van der Waals surface area contributed by atoms with Crippen LogP contribution in [0.4, 0.5) is 4.79 Å². The first-order valence-electron chi connectivity index (χ1n) is 8.72. The maximum Gasteiger partial charge on any atom is 0.322 e. The number of rotatable bonds is 6. The second kappa shape index (κ2) is 7.32. The van der Waals surface area contributed by atoms with Crippen LogP contribution in [0.1, 0.15) is 65.7 Å². The van der Waals surface area contributed by atoms with Crippen LogP contribution in [-0.2, 0) is 9.59 Å². The highest BCUT2D eigenvalue weighted by molar-refractivity contribution is 6.04. The molecule has 1 aliphatic heterocycles. The lowest BCUT2D eigenvalue weighted by Gasteiger charge is -2.39. The Hall–Kier alpha value is -1.59. The van der Waals surface area contributed by atoms with E-state index in [4.69, 9.17) is 0 Å². The lowest BCUT2D eigenvalue weighted by molar-refractivity contribution is -0.123. The summed E-state index contributed by atoms with van der Waals surface area (Å²) in [6.07, 6.45) is 6.17. The molecule has 4 amide bonds. The van der Waals surface area contributed by atoms with Crippen molar-refractivity contribution in [2.24, 2.45) is 11.3 Å². The Kier molecular flexibility index (Phi) is 5.65. The molecule has 130 valence electrons. The van der Waals surface area contributed by atoms with Gasteiger partial charge in [-0.3, -0.25) is 14.9 Å². The van der Waals surface area contributed by atoms with Crippen molar-refractivity contribution in [2.75, 3.05) is 0 Å². The van der Waals surface area contributed by atoms with Crippen LogP contribution >= 0.6 is 0 Å². The Morgan fingerprint density at radius 1 is 1.22 bits per heavy atom. The van der Waals surface area contributed by atoms with Crippen LogP contribution in [0.2, 0.25) is 0 Å². The van der Waals surface area contributed by atoms with E-state index < -0.39 is 12.1 Å². The third-order valence-electron chi connectivity index (χ3n) is 5.63. The van der Waals surface area contributed by atoms with Crippen molar-refractivity contribution in [3.63, 3.8) is 0 Å². The Labute approximate surface area is 138 Å². The SMILES string of the molecule is CCC(C)(C)C1CCC(NC(=O)CC[C@@H]2NC(=O)NC2=O)CC1. The third kappa shape index (κ3) is 4.69. The van der Waals surface area contributed by atoms with Crippen LogP contribution < -0.4 is 16.0 Å². The predicted molar refractivity (Wildman–Crippen MR) is 87.7 cm³/mol. The van der Waals surface area contributed by atoms with E-state index in [1.54, 1.807) is 0 Å². The summed E-state index contributed by atoms with van der Waals surface area (Å²) >= 11 is 0. The number of hydrogen-bond acceptors (Lipinski definition) is 3. The summed E-state index contributed by atoms with van der Waals surface area (Å²) in [5, 5.41) is 7.76. The van der Waals surface area contributed by atoms with E-state index in [0.717, 1.165) is 31.6 Å².